The molecule has 0 heterocycles. The minimum atomic E-state index is -0.717. The summed E-state index contributed by atoms with van der Waals surface area (Å²) in [5.41, 5.74) is 7.18. The van der Waals surface area contributed by atoms with Gasteiger partial charge in [-0.2, -0.15) is 5.10 Å². The summed E-state index contributed by atoms with van der Waals surface area (Å²) in [6.07, 6.45) is 1.55. The Morgan fingerprint density at radius 1 is 0.971 bits per heavy atom. The van der Waals surface area contributed by atoms with Gasteiger partial charge in [0.1, 0.15) is 18.4 Å². The smallest absolute Gasteiger partial charge is 0.262 e. The summed E-state index contributed by atoms with van der Waals surface area (Å²) in [6.45, 7) is 8.21. The zero-order valence-electron chi connectivity index (χ0n) is 20.3. The Labute approximate surface area is 214 Å². The average Bonchev–Trinajstić information content (AvgIpc) is 2.83. The monoisotopic (exact) mass is 535 g/mol. The summed E-state index contributed by atoms with van der Waals surface area (Å²) < 4.78 is 6.68. The Balaban J connectivity index is 1.56. The summed E-state index contributed by atoms with van der Waals surface area (Å²) >= 11 is 3.53. The summed E-state index contributed by atoms with van der Waals surface area (Å²) in [7, 11) is 0. The molecule has 3 aromatic carbocycles. The van der Waals surface area contributed by atoms with Gasteiger partial charge in [-0.15, -0.1) is 0 Å². The van der Waals surface area contributed by atoms with Crippen molar-refractivity contribution in [3.8, 4) is 5.75 Å². The van der Waals surface area contributed by atoms with Crippen molar-refractivity contribution in [3.05, 3.63) is 99.0 Å². The normalized spacial score (nSPS) is 11.9. The molecule has 3 rings (SSSR count). The maximum atomic E-state index is 12.7. The third-order valence-electron chi connectivity index (χ3n) is 5.41. The van der Waals surface area contributed by atoms with Crippen molar-refractivity contribution in [1.82, 2.24) is 10.7 Å². The van der Waals surface area contributed by atoms with Crippen LogP contribution in [0.4, 0.5) is 0 Å². The van der Waals surface area contributed by atoms with Gasteiger partial charge in [-0.3, -0.25) is 9.59 Å². The fourth-order valence-electron chi connectivity index (χ4n) is 3.26. The van der Waals surface area contributed by atoms with Crippen molar-refractivity contribution in [2.75, 3.05) is 0 Å². The second kappa shape index (κ2) is 12.3. The molecule has 6 nitrogen and oxygen atoms in total. The lowest BCUT2D eigenvalue weighted by molar-refractivity contribution is -0.123. The van der Waals surface area contributed by atoms with Gasteiger partial charge in [0, 0.05) is 5.56 Å². The Morgan fingerprint density at radius 2 is 1.60 bits per heavy atom. The third kappa shape index (κ3) is 7.79. The van der Waals surface area contributed by atoms with Gasteiger partial charge in [0.2, 0.25) is 0 Å². The van der Waals surface area contributed by atoms with Crippen LogP contribution in [0.1, 0.15) is 46.5 Å². The molecule has 0 bridgehead atoms. The first kappa shape index (κ1) is 26.2. The predicted octanol–water partition coefficient (Wildman–Crippen LogP) is 5.55. The summed E-state index contributed by atoms with van der Waals surface area (Å²) in [4.78, 5) is 25.2. The molecule has 1 unspecified atom stereocenters. The van der Waals surface area contributed by atoms with Crippen molar-refractivity contribution < 1.29 is 14.3 Å². The first-order valence-electron chi connectivity index (χ1n) is 11.4. The number of nitrogens with zero attached hydrogens (tertiary/aromatic N) is 1. The number of hydrogen-bond donors (Lipinski definition) is 2. The van der Waals surface area contributed by atoms with Gasteiger partial charge in [-0.1, -0.05) is 61.4 Å². The van der Waals surface area contributed by atoms with E-state index in [0.29, 0.717) is 17.9 Å². The fraction of sp³-hybridized carbons (Fsp3) is 0.250. The summed E-state index contributed by atoms with van der Waals surface area (Å²) in [5.74, 6) is -0.0778. The number of hydrogen-bond acceptors (Lipinski definition) is 4. The molecule has 182 valence electrons. The van der Waals surface area contributed by atoms with Gasteiger partial charge >= 0.3 is 0 Å². The molecule has 3 aromatic rings. The lowest BCUT2D eigenvalue weighted by Gasteiger charge is -2.20. The highest BCUT2D eigenvalue weighted by atomic mass is 79.9. The first-order chi connectivity index (χ1) is 16.7. The van der Waals surface area contributed by atoms with Crippen LogP contribution in [0.25, 0.3) is 0 Å². The molecule has 0 spiro atoms. The number of amides is 2. The highest BCUT2D eigenvalue weighted by molar-refractivity contribution is 9.10. The van der Waals surface area contributed by atoms with Crippen LogP contribution in [0.5, 0.6) is 5.75 Å². The zero-order chi connectivity index (χ0) is 25.4. The SMILES string of the molecule is Cc1ccc(COc2ccc(C=NNC(=O)C(NC(=O)c3ccc(C)cc3)C(C)C)cc2Br)cc1. The van der Waals surface area contributed by atoms with Gasteiger partial charge in [0.05, 0.1) is 10.7 Å². The van der Waals surface area contributed by atoms with E-state index in [-0.39, 0.29) is 17.7 Å². The third-order valence-corrected chi connectivity index (χ3v) is 6.03. The molecule has 2 amide bonds. The maximum Gasteiger partial charge on any atom is 0.262 e. The second-order valence-electron chi connectivity index (χ2n) is 8.76. The van der Waals surface area contributed by atoms with E-state index in [1.807, 2.05) is 70.2 Å². The lowest BCUT2D eigenvalue weighted by Crippen LogP contribution is -2.48. The zero-order valence-corrected chi connectivity index (χ0v) is 21.9. The van der Waals surface area contributed by atoms with E-state index in [4.69, 9.17) is 4.74 Å². The van der Waals surface area contributed by atoms with Crippen molar-refractivity contribution in [1.29, 1.82) is 0 Å². The van der Waals surface area contributed by atoms with E-state index < -0.39 is 6.04 Å². The van der Waals surface area contributed by atoms with Crippen LogP contribution in [-0.2, 0) is 11.4 Å². The standard InChI is InChI=1S/C28H30BrN3O3/c1-18(2)26(31-27(33)23-12-7-20(4)8-13-23)28(34)32-30-16-22-11-14-25(24(29)15-22)35-17-21-9-5-19(3)6-10-21/h5-16,18,26H,17H2,1-4H3,(H,31,33)(H,32,34). The number of halogens is 1. The van der Waals surface area contributed by atoms with E-state index in [1.54, 1.807) is 18.3 Å². The Morgan fingerprint density at radius 3 is 2.20 bits per heavy atom. The summed E-state index contributed by atoms with van der Waals surface area (Å²) in [5, 5.41) is 6.87. The number of hydrazone groups is 1. The number of rotatable bonds is 9. The Kier molecular flexibility index (Phi) is 9.20. The number of ether oxygens (including phenoxy) is 1. The van der Waals surface area contributed by atoms with Crippen LogP contribution in [0.15, 0.2) is 76.3 Å². The number of benzene rings is 3. The number of carbonyl (C=O) groups excluding carboxylic acids is 2. The predicted molar refractivity (Wildman–Crippen MR) is 143 cm³/mol. The largest absolute Gasteiger partial charge is 0.488 e. The van der Waals surface area contributed by atoms with Gasteiger partial charge in [0.25, 0.3) is 11.8 Å². The summed E-state index contributed by atoms with van der Waals surface area (Å²) in [6, 6.07) is 20.2. The van der Waals surface area contributed by atoms with Crippen molar-refractivity contribution in [2.24, 2.45) is 11.0 Å². The molecular weight excluding hydrogens is 506 g/mol. The van der Waals surface area contributed by atoms with Gasteiger partial charge in [-0.25, -0.2) is 5.43 Å². The molecule has 35 heavy (non-hydrogen) atoms. The molecule has 0 saturated heterocycles. The van der Waals surface area contributed by atoms with E-state index in [9.17, 15) is 9.59 Å². The minimum Gasteiger partial charge on any atom is -0.488 e. The highest BCUT2D eigenvalue weighted by Gasteiger charge is 2.24. The molecule has 0 aliphatic heterocycles. The number of aryl methyl sites for hydroxylation is 2. The minimum absolute atomic E-state index is 0.112. The molecule has 2 N–H and O–H groups in total. The molecule has 0 saturated carbocycles. The van der Waals surface area contributed by atoms with Gasteiger partial charge in [0.15, 0.2) is 0 Å². The lowest BCUT2D eigenvalue weighted by atomic mass is 10.0. The molecular formula is C28H30BrN3O3. The van der Waals surface area contributed by atoms with E-state index in [0.717, 1.165) is 21.2 Å². The Hall–Kier alpha value is -3.45. The van der Waals surface area contributed by atoms with Crippen molar-refractivity contribution in [2.45, 2.75) is 40.3 Å². The first-order valence-corrected chi connectivity index (χ1v) is 12.2. The van der Waals surface area contributed by atoms with Crippen LogP contribution in [-0.4, -0.2) is 24.1 Å². The van der Waals surface area contributed by atoms with Crippen LogP contribution in [0.3, 0.4) is 0 Å². The van der Waals surface area contributed by atoms with E-state index in [1.165, 1.54) is 5.56 Å². The molecule has 0 aromatic heterocycles. The van der Waals surface area contributed by atoms with Crippen molar-refractivity contribution in [3.63, 3.8) is 0 Å². The molecule has 0 fully saturated rings. The quantitative estimate of drug-likeness (QED) is 0.278. The van der Waals surface area contributed by atoms with Gasteiger partial charge in [-0.05, 0) is 77.2 Å². The highest BCUT2D eigenvalue weighted by Crippen LogP contribution is 2.26. The molecule has 0 aliphatic carbocycles. The van der Waals surface area contributed by atoms with Crippen LogP contribution >= 0.6 is 15.9 Å². The molecule has 0 radical (unpaired) electrons. The second-order valence-corrected chi connectivity index (χ2v) is 9.61. The van der Waals surface area contributed by atoms with Crippen LogP contribution < -0.4 is 15.5 Å². The van der Waals surface area contributed by atoms with E-state index in [2.05, 4.69) is 43.9 Å². The Bertz CT molecular complexity index is 1190. The number of carbonyl (C=O) groups is 2. The molecule has 0 aliphatic rings. The molecule has 1 atom stereocenters. The topological polar surface area (TPSA) is 79.8 Å². The van der Waals surface area contributed by atoms with Crippen LogP contribution in [0, 0.1) is 19.8 Å². The maximum absolute atomic E-state index is 12.7. The van der Waals surface area contributed by atoms with Crippen LogP contribution in [0.2, 0.25) is 0 Å². The number of nitrogens with one attached hydrogen (secondary N) is 2. The van der Waals surface area contributed by atoms with Gasteiger partial charge < -0.3 is 10.1 Å². The van der Waals surface area contributed by atoms with Crippen molar-refractivity contribution >= 4 is 34.0 Å². The fourth-order valence-corrected chi connectivity index (χ4v) is 3.78. The van der Waals surface area contributed by atoms with E-state index >= 15 is 0 Å². The molecule has 7 heteroatoms. The average molecular weight is 536 g/mol.